The number of nitrogens with zero attached hydrogens (tertiary/aromatic N) is 2. The molecule has 2 rings (SSSR count). The van der Waals surface area contributed by atoms with Crippen LogP contribution in [0.25, 0.3) is 6.08 Å². The molecule has 0 N–H and O–H groups in total. The number of rotatable bonds is 4. The number of allylic oxidation sites excluding steroid dienone is 1. The summed E-state index contributed by atoms with van der Waals surface area (Å²) in [6, 6.07) is 6.20. The predicted octanol–water partition coefficient (Wildman–Crippen LogP) is 3.82. The SMILES string of the molecule is CCn1ccc(C(=O)/C=C/c2ccc(C(F)(F)F)cc2)n1. The summed E-state index contributed by atoms with van der Waals surface area (Å²) in [7, 11) is 0. The van der Waals surface area contributed by atoms with E-state index in [1.165, 1.54) is 24.3 Å². The van der Waals surface area contributed by atoms with Gasteiger partial charge in [-0.05, 0) is 36.8 Å². The van der Waals surface area contributed by atoms with Gasteiger partial charge in [-0.1, -0.05) is 18.2 Å². The summed E-state index contributed by atoms with van der Waals surface area (Å²) >= 11 is 0. The van der Waals surface area contributed by atoms with Crippen molar-refractivity contribution < 1.29 is 18.0 Å². The summed E-state index contributed by atoms with van der Waals surface area (Å²) in [6.07, 6.45) is 0.0998. The van der Waals surface area contributed by atoms with E-state index in [9.17, 15) is 18.0 Å². The van der Waals surface area contributed by atoms with Gasteiger partial charge in [0.1, 0.15) is 5.69 Å². The number of halogens is 3. The second-order valence-corrected chi connectivity index (χ2v) is 4.37. The Bertz CT molecular complexity index is 654. The van der Waals surface area contributed by atoms with Gasteiger partial charge < -0.3 is 0 Å². The third-order valence-corrected chi connectivity index (χ3v) is 2.88. The summed E-state index contributed by atoms with van der Waals surface area (Å²) in [5.74, 6) is -0.290. The monoisotopic (exact) mass is 294 g/mol. The van der Waals surface area contributed by atoms with E-state index in [1.54, 1.807) is 16.9 Å². The molecule has 2 aromatic rings. The van der Waals surface area contributed by atoms with Gasteiger partial charge in [0.2, 0.25) is 5.78 Å². The summed E-state index contributed by atoms with van der Waals surface area (Å²) in [5, 5.41) is 4.05. The highest BCUT2D eigenvalue weighted by Crippen LogP contribution is 2.29. The van der Waals surface area contributed by atoms with E-state index in [2.05, 4.69) is 5.10 Å². The average Bonchev–Trinajstić information content (AvgIpc) is 2.93. The minimum atomic E-state index is -4.36. The Balaban J connectivity index is 2.08. The first-order valence-corrected chi connectivity index (χ1v) is 6.33. The summed E-state index contributed by atoms with van der Waals surface area (Å²) in [6.45, 7) is 2.56. The maximum Gasteiger partial charge on any atom is 0.416 e. The molecular formula is C15H13F3N2O. The quantitative estimate of drug-likeness (QED) is 0.634. The summed E-state index contributed by atoms with van der Waals surface area (Å²) in [4.78, 5) is 11.8. The summed E-state index contributed by atoms with van der Waals surface area (Å²) in [5.41, 5.74) is 0.110. The Labute approximate surface area is 119 Å². The van der Waals surface area contributed by atoms with Crippen molar-refractivity contribution in [2.45, 2.75) is 19.6 Å². The van der Waals surface area contributed by atoms with Crippen LogP contribution in [0.2, 0.25) is 0 Å². The minimum absolute atomic E-state index is 0.290. The van der Waals surface area contributed by atoms with Crippen LogP contribution in [0.4, 0.5) is 13.2 Å². The van der Waals surface area contributed by atoms with Crippen molar-refractivity contribution in [3.8, 4) is 0 Å². The molecule has 110 valence electrons. The molecule has 0 atom stereocenters. The molecule has 0 aliphatic rings. The molecule has 0 spiro atoms. The molecule has 0 aliphatic heterocycles. The van der Waals surface area contributed by atoms with Crippen molar-refractivity contribution in [1.82, 2.24) is 9.78 Å². The Morgan fingerprint density at radius 3 is 2.43 bits per heavy atom. The first kappa shape index (κ1) is 15.0. The molecule has 6 heteroatoms. The van der Waals surface area contributed by atoms with Crippen LogP contribution in [0.15, 0.2) is 42.6 Å². The van der Waals surface area contributed by atoms with Gasteiger partial charge in [-0.15, -0.1) is 0 Å². The molecule has 1 aromatic heterocycles. The van der Waals surface area contributed by atoms with Crippen LogP contribution >= 0.6 is 0 Å². The van der Waals surface area contributed by atoms with E-state index in [-0.39, 0.29) is 5.78 Å². The topological polar surface area (TPSA) is 34.9 Å². The highest BCUT2D eigenvalue weighted by molar-refractivity contribution is 6.05. The number of ketones is 1. The van der Waals surface area contributed by atoms with Crippen LogP contribution in [0.1, 0.15) is 28.5 Å². The minimum Gasteiger partial charge on any atom is -0.287 e. The molecule has 1 heterocycles. The molecule has 0 saturated carbocycles. The lowest BCUT2D eigenvalue weighted by atomic mass is 10.1. The largest absolute Gasteiger partial charge is 0.416 e. The molecular weight excluding hydrogens is 281 g/mol. The average molecular weight is 294 g/mol. The highest BCUT2D eigenvalue weighted by Gasteiger charge is 2.29. The number of carbonyl (C=O) groups is 1. The third kappa shape index (κ3) is 3.81. The predicted molar refractivity (Wildman–Crippen MR) is 72.7 cm³/mol. The fourth-order valence-corrected chi connectivity index (χ4v) is 1.71. The van der Waals surface area contributed by atoms with Gasteiger partial charge in [-0.25, -0.2) is 0 Å². The van der Waals surface area contributed by atoms with E-state index in [0.717, 1.165) is 12.1 Å². The normalized spacial score (nSPS) is 12.0. The third-order valence-electron chi connectivity index (χ3n) is 2.88. The Kier molecular flexibility index (Phi) is 4.26. The standard InChI is InChI=1S/C15H13F3N2O/c1-2-20-10-9-13(19-20)14(21)8-5-11-3-6-12(7-4-11)15(16,17)18/h3-10H,2H2,1H3/b8-5+. The van der Waals surface area contributed by atoms with E-state index >= 15 is 0 Å². The molecule has 0 radical (unpaired) electrons. The van der Waals surface area contributed by atoms with Gasteiger partial charge >= 0.3 is 6.18 Å². The van der Waals surface area contributed by atoms with Gasteiger partial charge in [-0.2, -0.15) is 18.3 Å². The lowest BCUT2D eigenvalue weighted by Gasteiger charge is -2.05. The number of hydrogen-bond acceptors (Lipinski definition) is 2. The van der Waals surface area contributed by atoms with E-state index < -0.39 is 11.7 Å². The Morgan fingerprint density at radius 2 is 1.90 bits per heavy atom. The highest BCUT2D eigenvalue weighted by atomic mass is 19.4. The van der Waals surface area contributed by atoms with Gasteiger partial charge in [0.25, 0.3) is 0 Å². The van der Waals surface area contributed by atoms with Crippen molar-refractivity contribution in [3.63, 3.8) is 0 Å². The van der Waals surface area contributed by atoms with Gasteiger partial charge in [-0.3, -0.25) is 9.48 Å². The van der Waals surface area contributed by atoms with Gasteiger partial charge in [0.15, 0.2) is 0 Å². The molecule has 3 nitrogen and oxygen atoms in total. The second kappa shape index (κ2) is 5.95. The lowest BCUT2D eigenvalue weighted by Crippen LogP contribution is -2.04. The van der Waals surface area contributed by atoms with E-state index in [1.807, 2.05) is 6.92 Å². The molecule has 21 heavy (non-hydrogen) atoms. The maximum atomic E-state index is 12.4. The zero-order valence-electron chi connectivity index (χ0n) is 11.3. The number of benzene rings is 1. The molecule has 0 unspecified atom stereocenters. The second-order valence-electron chi connectivity index (χ2n) is 4.37. The Morgan fingerprint density at radius 1 is 1.24 bits per heavy atom. The molecule has 0 amide bonds. The fourth-order valence-electron chi connectivity index (χ4n) is 1.71. The van der Waals surface area contributed by atoms with Crippen molar-refractivity contribution in [3.05, 3.63) is 59.4 Å². The number of aryl methyl sites for hydroxylation is 1. The lowest BCUT2D eigenvalue weighted by molar-refractivity contribution is -0.137. The first-order chi connectivity index (χ1) is 9.90. The maximum absolute atomic E-state index is 12.4. The molecule has 0 saturated heterocycles. The van der Waals surface area contributed by atoms with Crippen LogP contribution in [-0.4, -0.2) is 15.6 Å². The number of alkyl halides is 3. The summed E-state index contributed by atoms with van der Waals surface area (Å²) < 4.78 is 38.8. The van der Waals surface area contributed by atoms with Gasteiger partial charge in [0, 0.05) is 12.7 Å². The van der Waals surface area contributed by atoms with Crippen molar-refractivity contribution in [2.24, 2.45) is 0 Å². The van der Waals surface area contributed by atoms with Crippen LogP contribution < -0.4 is 0 Å². The zero-order chi connectivity index (χ0) is 15.5. The molecule has 0 fully saturated rings. The van der Waals surface area contributed by atoms with Crippen LogP contribution in [0, 0.1) is 0 Å². The molecule has 0 aliphatic carbocycles. The number of hydrogen-bond donors (Lipinski definition) is 0. The van der Waals surface area contributed by atoms with Crippen LogP contribution in [-0.2, 0) is 12.7 Å². The van der Waals surface area contributed by atoms with Crippen molar-refractivity contribution in [2.75, 3.05) is 0 Å². The van der Waals surface area contributed by atoms with E-state index in [0.29, 0.717) is 17.8 Å². The Hall–Kier alpha value is -2.37. The van der Waals surface area contributed by atoms with Crippen LogP contribution in [0.3, 0.4) is 0 Å². The molecule has 1 aromatic carbocycles. The van der Waals surface area contributed by atoms with E-state index in [4.69, 9.17) is 0 Å². The first-order valence-electron chi connectivity index (χ1n) is 6.33. The van der Waals surface area contributed by atoms with Gasteiger partial charge in [0.05, 0.1) is 5.56 Å². The number of carbonyl (C=O) groups excluding carboxylic acids is 1. The van der Waals surface area contributed by atoms with Crippen molar-refractivity contribution >= 4 is 11.9 Å². The van der Waals surface area contributed by atoms with Crippen LogP contribution in [0.5, 0.6) is 0 Å². The zero-order valence-corrected chi connectivity index (χ0v) is 11.3. The van der Waals surface area contributed by atoms with Crippen molar-refractivity contribution in [1.29, 1.82) is 0 Å². The number of aromatic nitrogens is 2. The fraction of sp³-hybridized carbons (Fsp3) is 0.200. The molecule has 0 bridgehead atoms. The smallest absolute Gasteiger partial charge is 0.287 e.